The first-order valence-electron chi connectivity index (χ1n) is 30.7. The predicted octanol–water partition coefficient (Wildman–Crippen LogP) is 11.5. The van der Waals surface area contributed by atoms with E-state index in [4.69, 9.17) is 28.8 Å². The Labute approximate surface area is 536 Å². The number of hydrogen-bond acceptors (Lipinski definition) is 19. The third kappa shape index (κ3) is 22.9. The summed E-state index contributed by atoms with van der Waals surface area (Å²) in [6, 6.07) is 25.3. The van der Waals surface area contributed by atoms with Crippen molar-refractivity contribution in [2.45, 2.75) is 132 Å². The number of nitrogens with one attached hydrogen (secondary N) is 1. The maximum absolute atomic E-state index is 12.4. The van der Waals surface area contributed by atoms with Gasteiger partial charge in [0.15, 0.2) is 0 Å². The minimum absolute atomic E-state index is 0.0800. The van der Waals surface area contributed by atoms with E-state index >= 15 is 0 Å². The molecule has 0 bridgehead atoms. The highest BCUT2D eigenvalue weighted by Crippen LogP contribution is 2.40. The minimum atomic E-state index is 0.0800. The first-order valence-corrected chi connectivity index (χ1v) is 34.5. The fourth-order valence-electron chi connectivity index (χ4n) is 12.4. The van der Waals surface area contributed by atoms with Crippen molar-refractivity contribution < 1.29 is 28.8 Å². The van der Waals surface area contributed by atoms with Crippen molar-refractivity contribution in [2.24, 2.45) is 16.7 Å². The quantitative estimate of drug-likeness (QED) is 0.0622. The number of thioether (sulfide) groups is 2. The summed E-state index contributed by atoms with van der Waals surface area (Å²) in [4.78, 5) is 103. The summed E-state index contributed by atoms with van der Waals surface area (Å²) >= 11 is 7.63. The predicted molar refractivity (Wildman–Crippen MR) is 353 cm³/mol. The highest BCUT2D eigenvalue weighted by molar-refractivity contribution is 8.01. The van der Waals surface area contributed by atoms with Crippen molar-refractivity contribution in [3.05, 3.63) is 158 Å². The zero-order chi connectivity index (χ0) is 63.5. The van der Waals surface area contributed by atoms with Gasteiger partial charge in [-0.05, 0) is 192 Å². The van der Waals surface area contributed by atoms with Gasteiger partial charge in [-0.3, -0.25) is 29.3 Å². The number of pyridine rings is 6. The maximum Gasteiger partial charge on any atom is 0.373 e. The molecular weight excluding hydrogens is 1200 g/mol. The van der Waals surface area contributed by atoms with Crippen LogP contribution in [-0.2, 0) is 48.4 Å². The van der Waals surface area contributed by atoms with Crippen LogP contribution in [0.5, 0.6) is 0 Å². The van der Waals surface area contributed by atoms with Crippen LogP contribution in [0.3, 0.4) is 0 Å². The topological polar surface area (TPSA) is 226 Å². The van der Waals surface area contributed by atoms with Crippen molar-refractivity contribution in [3.8, 4) is 0 Å². The first kappa shape index (κ1) is 71.3. The number of aromatic nitrogens is 6. The zero-order valence-electron chi connectivity index (χ0n) is 51.2. The van der Waals surface area contributed by atoms with Crippen molar-refractivity contribution >= 4 is 97.4 Å². The van der Waals surface area contributed by atoms with Gasteiger partial charge < -0.3 is 28.8 Å². The molecule has 3 aliphatic rings. The van der Waals surface area contributed by atoms with Crippen LogP contribution in [-0.4, -0.2) is 121 Å². The van der Waals surface area contributed by atoms with Gasteiger partial charge >= 0.3 is 18.5 Å². The van der Waals surface area contributed by atoms with Crippen LogP contribution in [0, 0.1) is 16.7 Å². The molecule has 0 saturated carbocycles. The van der Waals surface area contributed by atoms with Crippen LogP contribution in [0.1, 0.15) is 104 Å². The van der Waals surface area contributed by atoms with Crippen LogP contribution < -0.4 is 22.0 Å². The third-order valence-electron chi connectivity index (χ3n) is 17.6. The highest BCUT2D eigenvalue weighted by Gasteiger charge is 2.33. The van der Waals surface area contributed by atoms with Crippen LogP contribution in [0.25, 0.3) is 32.7 Å². The molecule has 0 amide bonds. The van der Waals surface area contributed by atoms with Crippen LogP contribution in [0.4, 0.5) is 0 Å². The molecule has 0 spiro atoms. The lowest BCUT2D eigenvalue weighted by atomic mass is 9.73. The van der Waals surface area contributed by atoms with Gasteiger partial charge in [-0.1, -0.05) is 38.8 Å². The van der Waals surface area contributed by atoms with E-state index in [0.717, 1.165) is 90.6 Å². The molecule has 474 valence electrons. The largest absolute Gasteiger partial charge is 0.373 e. The van der Waals surface area contributed by atoms with Gasteiger partial charge in [0.2, 0.25) is 0 Å². The van der Waals surface area contributed by atoms with E-state index in [0.29, 0.717) is 10.8 Å². The summed E-state index contributed by atoms with van der Waals surface area (Å²) in [6.07, 6.45) is 28.4. The molecule has 3 saturated heterocycles. The van der Waals surface area contributed by atoms with Gasteiger partial charge in [0.05, 0.1) is 43.6 Å². The molecule has 11 heterocycles. The maximum atomic E-state index is 12.4. The second kappa shape index (κ2) is 39.4. The standard InChI is InChI=1S/C24H31N3OS2.C22H27N3OS2.C18H25N3O.3CO2/c1-2-24(10-14-26(15-11-24)16-18-30-23-5-3-17-29-23)9-4-13-27-21-19-25-12-8-20(21)6-7-22(27)28;26-21-6-5-19-7-10-23-17-20(19)25(21)11-1-3-18-8-12-24(13-9-18)14-16-28-22-4-2-15-27-22;1-2-18(8-11-19-12-9-18)7-3-13-21-16-14-20-10-6-15(16)4-5-17(21)22;3*2-1-3/h3,5-8,12,17,19H,2,4,9-11,13-16,18H2,1H3;2,4-7,10,15,17-18H,1,3,8-9,11-14,16H2;4-6,10,14,19H,2-3,7-9,11-13H2,1H3;;;. The second-order valence-corrected chi connectivity index (χ2v) is 27.2. The number of hydrogen-bond donors (Lipinski definition) is 1. The summed E-state index contributed by atoms with van der Waals surface area (Å²) in [5.74, 6) is 3.16. The Morgan fingerprint density at radius 2 is 0.888 bits per heavy atom. The fourth-order valence-corrected chi connectivity index (χ4v) is 16.1. The number of nitrogens with zero attached hydrogens (tertiary/aromatic N) is 8. The lowest BCUT2D eigenvalue weighted by Gasteiger charge is -2.41. The third-order valence-corrected chi connectivity index (χ3v) is 21.9. The van der Waals surface area contributed by atoms with E-state index in [1.54, 1.807) is 43.0 Å². The smallest absolute Gasteiger partial charge is 0.317 e. The Kier molecular flexibility index (Phi) is 31.5. The Morgan fingerprint density at radius 1 is 0.506 bits per heavy atom. The number of fused-ring (bicyclic) bond motifs is 3. The molecule has 89 heavy (non-hydrogen) atoms. The van der Waals surface area contributed by atoms with E-state index in [-0.39, 0.29) is 35.1 Å². The molecule has 11 rings (SSSR count). The van der Waals surface area contributed by atoms with Crippen molar-refractivity contribution in [1.29, 1.82) is 0 Å². The summed E-state index contributed by atoms with van der Waals surface area (Å²) < 4.78 is 8.52. The molecule has 3 aliphatic heterocycles. The molecule has 0 aromatic carbocycles. The molecule has 18 nitrogen and oxygen atoms in total. The Morgan fingerprint density at radius 3 is 1.27 bits per heavy atom. The van der Waals surface area contributed by atoms with E-state index < -0.39 is 0 Å². The van der Waals surface area contributed by atoms with Crippen molar-refractivity contribution in [1.82, 2.24) is 43.8 Å². The number of likely N-dealkylation sites (tertiary alicyclic amines) is 2. The normalized spacial score (nSPS) is 15.3. The summed E-state index contributed by atoms with van der Waals surface area (Å²) in [5.41, 5.74) is 4.00. The number of aryl methyl sites for hydroxylation is 3. The lowest BCUT2D eigenvalue weighted by Crippen LogP contribution is -2.41. The van der Waals surface area contributed by atoms with Crippen molar-refractivity contribution in [3.63, 3.8) is 0 Å². The highest BCUT2D eigenvalue weighted by atomic mass is 32.2. The van der Waals surface area contributed by atoms with Crippen LogP contribution in [0.2, 0.25) is 0 Å². The number of piperidine rings is 3. The molecule has 8 aromatic heterocycles. The average Bonchev–Trinajstić information content (AvgIpc) is 2.92. The van der Waals surface area contributed by atoms with Gasteiger partial charge in [-0.2, -0.15) is 28.8 Å². The molecule has 0 radical (unpaired) electrons. The zero-order valence-corrected chi connectivity index (χ0v) is 54.4. The van der Waals surface area contributed by atoms with E-state index in [1.165, 1.54) is 130 Å². The monoisotopic (exact) mass is 1290 g/mol. The number of rotatable bonds is 22. The molecule has 0 aliphatic carbocycles. The molecule has 22 heteroatoms. The average molecular weight is 1290 g/mol. The molecule has 3 fully saturated rings. The first-order chi connectivity index (χ1) is 43.5. The number of thiophene rings is 2. The van der Waals surface area contributed by atoms with Crippen LogP contribution in [0.15, 0.2) is 150 Å². The van der Waals surface area contributed by atoms with Crippen LogP contribution >= 0.6 is 46.2 Å². The number of carbonyl (C=O) groups excluding carboxylic acids is 6. The fraction of sp³-hybridized carbons (Fsp3) is 0.478. The Hall–Kier alpha value is -6.80. The van der Waals surface area contributed by atoms with E-state index in [9.17, 15) is 14.4 Å². The Bertz CT molecular complexity index is 3600. The molecular formula is C67H83N9O9S4. The summed E-state index contributed by atoms with van der Waals surface area (Å²) in [7, 11) is 0. The Balaban J connectivity index is 0.000000201. The van der Waals surface area contributed by atoms with E-state index in [2.05, 4.69) is 78.9 Å². The molecule has 0 unspecified atom stereocenters. The second-order valence-electron chi connectivity index (χ2n) is 22.5. The van der Waals surface area contributed by atoms with Gasteiger partial charge in [-0.15, -0.1) is 46.2 Å². The van der Waals surface area contributed by atoms with Gasteiger partial charge in [0, 0.05) is 97.2 Å². The van der Waals surface area contributed by atoms with Gasteiger partial charge in [0.1, 0.15) is 0 Å². The van der Waals surface area contributed by atoms with Gasteiger partial charge in [-0.25, -0.2) is 0 Å². The van der Waals surface area contributed by atoms with E-state index in [1.807, 2.05) is 109 Å². The SMILES string of the molecule is CCC1(CCCn2c(=O)ccc3ccncc32)CCN(CCSc2cccs2)CC1.CCC1(CCCn2c(=O)ccc3ccncc32)CCNCC1.O=C=O.O=C=O.O=C=O.O=c1ccc2ccncc2n1CCCC1CCN(CCSc2cccs2)CC1. The summed E-state index contributed by atoms with van der Waals surface area (Å²) in [5, 5.41) is 11.0. The summed E-state index contributed by atoms with van der Waals surface area (Å²) in [6.45, 7) is 16.5. The molecule has 8 aromatic rings. The molecule has 1 N–H and O–H groups in total. The van der Waals surface area contributed by atoms with Gasteiger partial charge in [0.25, 0.3) is 16.7 Å². The molecule has 0 atom stereocenters. The lowest BCUT2D eigenvalue weighted by molar-refractivity contribution is -0.193. The van der Waals surface area contributed by atoms with Crippen molar-refractivity contribution in [2.75, 3.05) is 63.9 Å². The minimum Gasteiger partial charge on any atom is -0.317 e.